The van der Waals surface area contributed by atoms with Crippen molar-refractivity contribution < 1.29 is 14.3 Å². The van der Waals surface area contributed by atoms with Crippen LogP contribution in [0.5, 0.6) is 0 Å². The third kappa shape index (κ3) is 8.68. The van der Waals surface area contributed by atoms with Gasteiger partial charge < -0.3 is 15.4 Å². The number of methoxy groups -OCH3 is 1. The van der Waals surface area contributed by atoms with Crippen molar-refractivity contribution >= 4 is 11.8 Å². The molecule has 17 heavy (non-hydrogen) atoms. The van der Waals surface area contributed by atoms with Gasteiger partial charge in [-0.15, -0.1) is 0 Å². The molecule has 2 amide bonds. The van der Waals surface area contributed by atoms with Gasteiger partial charge >= 0.3 is 0 Å². The van der Waals surface area contributed by atoms with Crippen LogP contribution in [0, 0.1) is 0 Å². The first-order valence-corrected chi connectivity index (χ1v) is 5.86. The van der Waals surface area contributed by atoms with Crippen LogP contribution in [0.15, 0.2) is 0 Å². The monoisotopic (exact) mass is 244 g/mol. The molecule has 0 saturated heterocycles. The molecule has 0 aliphatic rings. The minimum Gasteiger partial charge on any atom is -0.385 e. The van der Waals surface area contributed by atoms with Gasteiger partial charge in [-0.2, -0.15) is 0 Å². The molecule has 0 aromatic heterocycles. The first kappa shape index (κ1) is 15.9. The summed E-state index contributed by atoms with van der Waals surface area (Å²) in [6, 6.07) is -0.510. The van der Waals surface area contributed by atoms with E-state index in [4.69, 9.17) is 4.74 Å². The van der Waals surface area contributed by atoms with Gasteiger partial charge in [0.1, 0.15) is 6.04 Å². The predicted molar refractivity (Wildman–Crippen MR) is 66.6 cm³/mol. The summed E-state index contributed by atoms with van der Waals surface area (Å²) in [6.45, 7) is 7.93. The van der Waals surface area contributed by atoms with E-state index in [-0.39, 0.29) is 17.4 Å². The Hall–Kier alpha value is -1.10. The van der Waals surface area contributed by atoms with Crippen molar-refractivity contribution in [3.63, 3.8) is 0 Å². The summed E-state index contributed by atoms with van der Waals surface area (Å²) in [5.41, 5.74) is -0.286. The summed E-state index contributed by atoms with van der Waals surface area (Å²) in [4.78, 5) is 23.1. The van der Waals surface area contributed by atoms with Gasteiger partial charge in [0, 0.05) is 25.7 Å². The molecule has 0 fully saturated rings. The van der Waals surface area contributed by atoms with E-state index in [1.54, 1.807) is 14.0 Å². The van der Waals surface area contributed by atoms with Crippen LogP contribution in [0.2, 0.25) is 0 Å². The molecule has 1 unspecified atom stereocenters. The van der Waals surface area contributed by atoms with Gasteiger partial charge in [-0.1, -0.05) is 0 Å². The van der Waals surface area contributed by atoms with E-state index in [0.29, 0.717) is 19.4 Å². The fourth-order valence-electron chi connectivity index (χ4n) is 1.23. The van der Waals surface area contributed by atoms with Crippen LogP contribution in [0.1, 0.15) is 40.5 Å². The average molecular weight is 244 g/mol. The van der Waals surface area contributed by atoms with Gasteiger partial charge in [0.2, 0.25) is 11.8 Å². The van der Waals surface area contributed by atoms with Crippen molar-refractivity contribution in [1.82, 2.24) is 10.6 Å². The zero-order chi connectivity index (χ0) is 13.5. The molecule has 0 aliphatic carbocycles. The number of amides is 2. The zero-order valence-corrected chi connectivity index (χ0v) is 11.4. The molecule has 1 atom stereocenters. The van der Waals surface area contributed by atoms with Crippen LogP contribution < -0.4 is 10.6 Å². The fourth-order valence-corrected chi connectivity index (χ4v) is 1.23. The molecule has 0 saturated carbocycles. The number of carbonyl (C=O) groups excluding carboxylic acids is 2. The maximum Gasteiger partial charge on any atom is 0.242 e. The van der Waals surface area contributed by atoms with E-state index in [1.807, 2.05) is 20.8 Å². The van der Waals surface area contributed by atoms with Crippen molar-refractivity contribution in [1.29, 1.82) is 0 Å². The maximum absolute atomic E-state index is 11.7. The lowest BCUT2D eigenvalue weighted by Crippen LogP contribution is -2.50. The molecule has 0 spiro atoms. The van der Waals surface area contributed by atoms with Gasteiger partial charge in [-0.05, 0) is 34.1 Å². The predicted octanol–water partition coefficient (Wildman–Crippen LogP) is 0.832. The van der Waals surface area contributed by atoms with Crippen LogP contribution in [0.25, 0.3) is 0 Å². The number of nitrogens with one attached hydrogen (secondary N) is 2. The van der Waals surface area contributed by atoms with E-state index < -0.39 is 6.04 Å². The molecule has 0 heterocycles. The van der Waals surface area contributed by atoms with E-state index in [0.717, 1.165) is 0 Å². The summed E-state index contributed by atoms with van der Waals surface area (Å²) in [5, 5.41) is 5.47. The standard InChI is InChI=1S/C12H24N2O3/c1-9(11(16)14-12(2,3)4)13-10(15)7-6-8-17-5/h9H,6-8H2,1-5H3,(H,13,15)(H,14,16). The van der Waals surface area contributed by atoms with Crippen molar-refractivity contribution in [3.8, 4) is 0 Å². The molecule has 0 aromatic rings. The van der Waals surface area contributed by atoms with E-state index in [9.17, 15) is 9.59 Å². The third-order valence-corrected chi connectivity index (χ3v) is 2.02. The lowest BCUT2D eigenvalue weighted by molar-refractivity contribution is -0.129. The Bertz CT molecular complexity index is 259. The number of hydrogen-bond donors (Lipinski definition) is 2. The average Bonchev–Trinajstić information content (AvgIpc) is 2.15. The van der Waals surface area contributed by atoms with Crippen molar-refractivity contribution in [2.75, 3.05) is 13.7 Å². The molecule has 0 aliphatic heterocycles. The fraction of sp³-hybridized carbons (Fsp3) is 0.833. The van der Waals surface area contributed by atoms with E-state index in [1.165, 1.54) is 0 Å². The largest absolute Gasteiger partial charge is 0.385 e. The molecule has 5 nitrogen and oxygen atoms in total. The minimum absolute atomic E-state index is 0.126. The smallest absolute Gasteiger partial charge is 0.242 e. The molecular formula is C12H24N2O3. The van der Waals surface area contributed by atoms with Crippen molar-refractivity contribution in [2.45, 2.75) is 52.1 Å². The number of rotatable bonds is 6. The van der Waals surface area contributed by atoms with Gasteiger partial charge in [0.15, 0.2) is 0 Å². The highest BCUT2D eigenvalue weighted by Gasteiger charge is 2.20. The van der Waals surface area contributed by atoms with Crippen LogP contribution in [0.4, 0.5) is 0 Å². The Morgan fingerprint density at radius 3 is 2.35 bits per heavy atom. The Morgan fingerprint density at radius 1 is 1.29 bits per heavy atom. The number of ether oxygens (including phenoxy) is 1. The summed E-state index contributed by atoms with van der Waals surface area (Å²) < 4.78 is 4.85. The second-order valence-corrected chi connectivity index (χ2v) is 5.12. The topological polar surface area (TPSA) is 67.4 Å². The lowest BCUT2D eigenvalue weighted by Gasteiger charge is -2.23. The van der Waals surface area contributed by atoms with Crippen molar-refractivity contribution in [2.24, 2.45) is 0 Å². The second kappa shape index (κ2) is 7.27. The highest BCUT2D eigenvalue weighted by Crippen LogP contribution is 1.99. The highest BCUT2D eigenvalue weighted by molar-refractivity contribution is 5.87. The summed E-state index contributed by atoms with van der Waals surface area (Å²) in [6.07, 6.45) is 1.04. The molecular weight excluding hydrogens is 220 g/mol. The van der Waals surface area contributed by atoms with E-state index in [2.05, 4.69) is 10.6 Å². The van der Waals surface area contributed by atoms with Crippen molar-refractivity contribution in [3.05, 3.63) is 0 Å². The SMILES string of the molecule is COCCCC(=O)NC(C)C(=O)NC(C)(C)C. The highest BCUT2D eigenvalue weighted by atomic mass is 16.5. The molecule has 5 heteroatoms. The lowest BCUT2D eigenvalue weighted by atomic mass is 10.1. The van der Waals surface area contributed by atoms with Crippen LogP contribution in [-0.2, 0) is 14.3 Å². The Labute approximate surface area is 103 Å². The number of carbonyl (C=O) groups is 2. The normalized spacial score (nSPS) is 13.0. The van der Waals surface area contributed by atoms with Gasteiger partial charge in [-0.25, -0.2) is 0 Å². The zero-order valence-electron chi connectivity index (χ0n) is 11.4. The molecule has 100 valence electrons. The quantitative estimate of drug-likeness (QED) is 0.680. The summed E-state index contributed by atoms with van der Waals surface area (Å²) >= 11 is 0. The Morgan fingerprint density at radius 2 is 1.88 bits per heavy atom. The van der Waals surface area contributed by atoms with Gasteiger partial charge in [-0.3, -0.25) is 9.59 Å². The minimum atomic E-state index is -0.510. The number of hydrogen-bond acceptors (Lipinski definition) is 3. The van der Waals surface area contributed by atoms with Crippen LogP contribution in [-0.4, -0.2) is 37.1 Å². The molecule has 0 radical (unpaired) electrons. The molecule has 0 aromatic carbocycles. The first-order valence-electron chi connectivity index (χ1n) is 5.86. The van der Waals surface area contributed by atoms with E-state index >= 15 is 0 Å². The molecule has 2 N–H and O–H groups in total. The first-order chi connectivity index (χ1) is 7.76. The van der Waals surface area contributed by atoms with Gasteiger partial charge in [0.25, 0.3) is 0 Å². The molecule has 0 rings (SSSR count). The third-order valence-electron chi connectivity index (χ3n) is 2.02. The van der Waals surface area contributed by atoms with Crippen LogP contribution >= 0.6 is 0 Å². The molecule has 0 bridgehead atoms. The maximum atomic E-state index is 11.7. The Balaban J connectivity index is 3.95. The Kier molecular flexibility index (Phi) is 6.80. The van der Waals surface area contributed by atoms with Crippen LogP contribution in [0.3, 0.4) is 0 Å². The summed E-state index contributed by atoms with van der Waals surface area (Å²) in [5.74, 6) is -0.295. The second-order valence-electron chi connectivity index (χ2n) is 5.12. The van der Waals surface area contributed by atoms with Gasteiger partial charge in [0.05, 0.1) is 0 Å². The summed E-state index contributed by atoms with van der Waals surface area (Å²) in [7, 11) is 1.59.